The van der Waals surface area contributed by atoms with Crippen LogP contribution in [0.4, 0.5) is 0 Å². The molecule has 0 aliphatic carbocycles. The zero-order valence-corrected chi connectivity index (χ0v) is 15.7. The number of phenols is 1. The molecule has 1 aromatic rings. The van der Waals surface area contributed by atoms with E-state index in [0.29, 0.717) is 11.7 Å². The number of carbonyl (C=O) groups is 1. The molecule has 0 saturated carbocycles. The highest BCUT2D eigenvalue weighted by Crippen LogP contribution is 2.20. The molecule has 0 spiro atoms. The van der Waals surface area contributed by atoms with E-state index in [1.54, 1.807) is 6.07 Å². The summed E-state index contributed by atoms with van der Waals surface area (Å²) in [7, 11) is 0. The van der Waals surface area contributed by atoms with Crippen LogP contribution in [-0.2, 0) is 11.2 Å². The van der Waals surface area contributed by atoms with Crippen LogP contribution in [0, 0.1) is 11.8 Å². The fourth-order valence-corrected chi connectivity index (χ4v) is 3.05. The Labute approximate surface area is 147 Å². The van der Waals surface area contributed by atoms with Crippen LogP contribution in [-0.4, -0.2) is 17.6 Å². The van der Waals surface area contributed by atoms with Crippen molar-refractivity contribution in [1.82, 2.24) is 5.32 Å². The first kappa shape index (κ1) is 20.5. The Morgan fingerprint density at radius 3 is 2.54 bits per heavy atom. The Balaban J connectivity index is 2.19. The Bertz CT molecular complexity index is 471. The zero-order valence-electron chi connectivity index (χ0n) is 15.7. The van der Waals surface area contributed by atoms with Crippen LogP contribution in [0.5, 0.6) is 5.75 Å². The van der Waals surface area contributed by atoms with E-state index >= 15 is 0 Å². The molecule has 0 fully saturated rings. The highest BCUT2D eigenvalue weighted by Gasteiger charge is 2.20. The first-order valence-electron chi connectivity index (χ1n) is 9.60. The highest BCUT2D eigenvalue weighted by atomic mass is 16.3. The molecule has 2 N–H and O–H groups in total. The molecule has 0 aromatic heterocycles. The van der Waals surface area contributed by atoms with E-state index in [9.17, 15) is 9.90 Å². The first-order valence-corrected chi connectivity index (χ1v) is 9.60. The highest BCUT2D eigenvalue weighted by molar-refractivity contribution is 5.78. The molecule has 0 radical (unpaired) electrons. The summed E-state index contributed by atoms with van der Waals surface area (Å²) < 4.78 is 0. The molecule has 136 valence electrons. The maximum atomic E-state index is 12.3. The number of amides is 1. The van der Waals surface area contributed by atoms with Gasteiger partial charge in [0.1, 0.15) is 5.75 Å². The van der Waals surface area contributed by atoms with Gasteiger partial charge in [-0.25, -0.2) is 0 Å². The average molecular weight is 334 g/mol. The maximum absolute atomic E-state index is 12.3. The SMILES string of the molecule is CCCCNC(=O)[C@@H](CCCCCCc1cccc(O)c1)C(C)C. The number of hydrogen-bond acceptors (Lipinski definition) is 2. The molecule has 0 saturated heterocycles. The lowest BCUT2D eigenvalue weighted by atomic mass is 9.89. The van der Waals surface area contributed by atoms with Crippen molar-refractivity contribution in [2.24, 2.45) is 11.8 Å². The first-order chi connectivity index (χ1) is 11.5. The molecule has 0 bridgehead atoms. The lowest BCUT2D eigenvalue weighted by Crippen LogP contribution is -2.34. The molecule has 1 atom stereocenters. The number of carbonyl (C=O) groups excluding carboxylic acids is 1. The standard InChI is InChI=1S/C21H35NO2/c1-4-5-15-22-21(24)20(17(2)3)14-9-7-6-8-11-18-12-10-13-19(23)16-18/h10,12-13,16-17,20,23H,4-9,11,14-15H2,1-3H3,(H,22,24)/t20-/m0/s1. The molecule has 1 aromatic carbocycles. The van der Waals surface area contributed by atoms with E-state index in [1.807, 2.05) is 12.1 Å². The van der Waals surface area contributed by atoms with Crippen LogP contribution < -0.4 is 5.32 Å². The molecular weight excluding hydrogens is 298 g/mol. The third kappa shape index (κ3) is 8.37. The molecule has 24 heavy (non-hydrogen) atoms. The summed E-state index contributed by atoms with van der Waals surface area (Å²) in [5.74, 6) is 1.13. The summed E-state index contributed by atoms with van der Waals surface area (Å²) in [5.41, 5.74) is 1.20. The second-order valence-electron chi connectivity index (χ2n) is 7.12. The Morgan fingerprint density at radius 1 is 1.12 bits per heavy atom. The van der Waals surface area contributed by atoms with Crippen molar-refractivity contribution in [2.45, 2.75) is 72.1 Å². The number of nitrogens with one attached hydrogen (secondary N) is 1. The second-order valence-corrected chi connectivity index (χ2v) is 7.12. The molecular formula is C21H35NO2. The molecule has 0 unspecified atom stereocenters. The summed E-state index contributed by atoms with van der Waals surface area (Å²) in [6.45, 7) is 7.24. The predicted molar refractivity (Wildman–Crippen MR) is 101 cm³/mol. The fraction of sp³-hybridized carbons (Fsp3) is 0.667. The van der Waals surface area contributed by atoms with E-state index in [2.05, 4.69) is 32.2 Å². The predicted octanol–water partition coefficient (Wildman–Crippen LogP) is 5.07. The minimum atomic E-state index is 0.146. The lowest BCUT2D eigenvalue weighted by Gasteiger charge is -2.20. The monoisotopic (exact) mass is 333 g/mol. The Kier molecular flexibility index (Phi) is 10.2. The van der Waals surface area contributed by atoms with Gasteiger partial charge in [0.25, 0.3) is 0 Å². The summed E-state index contributed by atoms with van der Waals surface area (Å²) >= 11 is 0. The smallest absolute Gasteiger partial charge is 0.223 e. The molecule has 0 aliphatic rings. The van der Waals surface area contributed by atoms with Crippen LogP contribution in [0.1, 0.15) is 71.3 Å². The van der Waals surface area contributed by atoms with E-state index in [1.165, 1.54) is 18.4 Å². The molecule has 0 heterocycles. The van der Waals surface area contributed by atoms with Crippen LogP contribution >= 0.6 is 0 Å². The van der Waals surface area contributed by atoms with Gasteiger partial charge in [-0.1, -0.05) is 58.6 Å². The quantitative estimate of drug-likeness (QED) is 0.524. The van der Waals surface area contributed by atoms with Crippen molar-refractivity contribution in [3.05, 3.63) is 29.8 Å². The van der Waals surface area contributed by atoms with Gasteiger partial charge in [0.05, 0.1) is 0 Å². The molecule has 1 amide bonds. The van der Waals surface area contributed by atoms with Crippen molar-refractivity contribution < 1.29 is 9.90 Å². The molecule has 3 heteroatoms. The van der Waals surface area contributed by atoms with Crippen LogP contribution in [0.15, 0.2) is 24.3 Å². The lowest BCUT2D eigenvalue weighted by molar-refractivity contribution is -0.126. The Morgan fingerprint density at radius 2 is 1.88 bits per heavy atom. The second kappa shape index (κ2) is 11.9. The van der Waals surface area contributed by atoms with E-state index < -0.39 is 0 Å². The zero-order chi connectivity index (χ0) is 17.8. The van der Waals surface area contributed by atoms with Gasteiger partial charge >= 0.3 is 0 Å². The van der Waals surface area contributed by atoms with Gasteiger partial charge in [-0.15, -0.1) is 0 Å². The topological polar surface area (TPSA) is 49.3 Å². The summed E-state index contributed by atoms with van der Waals surface area (Å²) in [6, 6.07) is 7.51. The summed E-state index contributed by atoms with van der Waals surface area (Å²) in [4.78, 5) is 12.3. The van der Waals surface area contributed by atoms with E-state index in [-0.39, 0.29) is 11.8 Å². The number of unbranched alkanes of at least 4 members (excludes halogenated alkanes) is 4. The number of benzene rings is 1. The summed E-state index contributed by atoms with van der Waals surface area (Å²) in [5, 5.41) is 12.5. The normalized spacial score (nSPS) is 12.3. The maximum Gasteiger partial charge on any atom is 0.223 e. The summed E-state index contributed by atoms with van der Waals surface area (Å²) in [6.07, 6.45) is 8.78. The fourth-order valence-electron chi connectivity index (χ4n) is 3.05. The third-order valence-corrected chi connectivity index (χ3v) is 4.61. The van der Waals surface area contributed by atoms with Crippen molar-refractivity contribution >= 4 is 5.91 Å². The van der Waals surface area contributed by atoms with Crippen LogP contribution in [0.25, 0.3) is 0 Å². The van der Waals surface area contributed by atoms with E-state index in [4.69, 9.17) is 0 Å². The van der Waals surface area contributed by atoms with Gasteiger partial charge in [0.15, 0.2) is 0 Å². The van der Waals surface area contributed by atoms with Gasteiger partial charge in [-0.2, -0.15) is 0 Å². The number of phenolic OH excluding ortho intramolecular Hbond substituents is 1. The van der Waals surface area contributed by atoms with Crippen LogP contribution in [0.3, 0.4) is 0 Å². The number of aromatic hydroxyl groups is 1. The van der Waals surface area contributed by atoms with Gasteiger partial charge < -0.3 is 10.4 Å². The van der Waals surface area contributed by atoms with Crippen molar-refractivity contribution in [2.75, 3.05) is 6.54 Å². The van der Waals surface area contributed by atoms with Crippen molar-refractivity contribution in [1.29, 1.82) is 0 Å². The van der Waals surface area contributed by atoms with E-state index in [0.717, 1.165) is 45.1 Å². The van der Waals surface area contributed by atoms with Gasteiger partial charge in [0, 0.05) is 12.5 Å². The minimum Gasteiger partial charge on any atom is -0.508 e. The van der Waals surface area contributed by atoms with Crippen molar-refractivity contribution in [3.8, 4) is 5.75 Å². The van der Waals surface area contributed by atoms with Gasteiger partial charge in [-0.3, -0.25) is 4.79 Å². The Hall–Kier alpha value is -1.51. The van der Waals surface area contributed by atoms with Gasteiger partial charge in [0.2, 0.25) is 5.91 Å². The third-order valence-electron chi connectivity index (χ3n) is 4.61. The average Bonchev–Trinajstić information content (AvgIpc) is 2.54. The molecule has 0 aliphatic heterocycles. The van der Waals surface area contributed by atoms with Gasteiger partial charge in [-0.05, 0) is 49.3 Å². The number of aryl methyl sites for hydroxylation is 1. The van der Waals surface area contributed by atoms with Crippen LogP contribution in [0.2, 0.25) is 0 Å². The largest absolute Gasteiger partial charge is 0.508 e. The van der Waals surface area contributed by atoms with Crippen molar-refractivity contribution in [3.63, 3.8) is 0 Å². The molecule has 1 rings (SSSR count). The number of rotatable bonds is 12. The number of hydrogen-bond donors (Lipinski definition) is 2. The molecule has 3 nitrogen and oxygen atoms in total. The minimum absolute atomic E-state index is 0.146.